The number of benzene rings is 1. The van der Waals surface area contributed by atoms with Gasteiger partial charge in [0.2, 0.25) is 5.95 Å². The van der Waals surface area contributed by atoms with E-state index in [2.05, 4.69) is 43.8 Å². The summed E-state index contributed by atoms with van der Waals surface area (Å²) in [6, 6.07) is 9.30. The zero-order valence-corrected chi connectivity index (χ0v) is 24.3. The smallest absolute Gasteiger partial charge is 0.360 e. The van der Waals surface area contributed by atoms with Gasteiger partial charge in [-0.15, -0.1) is 0 Å². The van der Waals surface area contributed by atoms with E-state index >= 15 is 0 Å². The third-order valence-corrected chi connectivity index (χ3v) is 6.90. The number of halogens is 3. The van der Waals surface area contributed by atoms with Crippen molar-refractivity contribution in [3.05, 3.63) is 71.0 Å². The lowest BCUT2D eigenvalue weighted by molar-refractivity contribution is -0.165. The summed E-state index contributed by atoms with van der Waals surface area (Å²) < 4.78 is 42.2. The number of aliphatic imine (C=N–C) groups is 1. The summed E-state index contributed by atoms with van der Waals surface area (Å²) >= 11 is 0. The Morgan fingerprint density at radius 2 is 1.76 bits per heavy atom. The number of nitrogens with zero attached hydrogens (tertiary/aromatic N) is 4. The number of allylic oxidation sites excluding steroid dienone is 2. The predicted molar refractivity (Wildman–Crippen MR) is 155 cm³/mol. The number of carbonyl (C=O) groups is 1. The second-order valence-corrected chi connectivity index (χ2v) is 10.4. The van der Waals surface area contributed by atoms with Gasteiger partial charge in [-0.1, -0.05) is 49.2 Å². The van der Waals surface area contributed by atoms with Crippen LogP contribution in [0.4, 0.5) is 19.1 Å². The number of Topliss-reactive ketones (excluding diaryl/α,β-unsaturated/α-hetero) is 1. The normalized spacial score (nSPS) is 14.7. The molecule has 4 rings (SSSR count). The fourth-order valence-corrected chi connectivity index (χ4v) is 4.30. The van der Waals surface area contributed by atoms with E-state index in [4.69, 9.17) is 0 Å². The van der Waals surface area contributed by atoms with E-state index in [1.807, 2.05) is 42.9 Å². The maximum Gasteiger partial charge on any atom is 0.401 e. The van der Waals surface area contributed by atoms with Crippen molar-refractivity contribution in [3.63, 3.8) is 0 Å². The van der Waals surface area contributed by atoms with Crippen molar-refractivity contribution in [2.24, 2.45) is 4.99 Å². The number of alkyl halides is 3. The highest BCUT2D eigenvalue weighted by Crippen LogP contribution is 2.58. The molecule has 0 aliphatic heterocycles. The van der Waals surface area contributed by atoms with E-state index in [1.165, 1.54) is 30.9 Å². The quantitative estimate of drug-likeness (QED) is 0.187. The molecule has 1 saturated carbocycles. The van der Waals surface area contributed by atoms with Gasteiger partial charge < -0.3 is 9.84 Å². The number of hydrogen-bond donors (Lipinski definition) is 1. The van der Waals surface area contributed by atoms with Crippen molar-refractivity contribution in [1.82, 2.24) is 15.1 Å². The van der Waals surface area contributed by atoms with Crippen molar-refractivity contribution in [2.75, 3.05) is 12.4 Å². The number of carbonyl (C=O) groups excluding carboxylic acids is 1. The number of ketones is 1. The van der Waals surface area contributed by atoms with Crippen molar-refractivity contribution in [2.45, 2.75) is 84.2 Å². The number of anilines is 1. The van der Waals surface area contributed by atoms with Crippen LogP contribution >= 0.6 is 0 Å². The average Bonchev–Trinajstić information content (AvgIpc) is 3.65. The van der Waals surface area contributed by atoms with E-state index in [0.29, 0.717) is 18.1 Å². The summed E-state index contributed by atoms with van der Waals surface area (Å²) in [5.74, 6) is 0.676. The molecule has 7 nitrogen and oxygen atoms in total. The molecule has 220 valence electrons. The first-order chi connectivity index (χ1) is 19.5. The van der Waals surface area contributed by atoms with E-state index in [0.717, 1.165) is 28.8 Å². The number of unbranched alkanes of at least 4 members (excludes halogenated alkanes) is 2. The van der Waals surface area contributed by atoms with Gasteiger partial charge in [0.05, 0.1) is 11.4 Å². The minimum Gasteiger partial charge on any atom is -0.360 e. The van der Waals surface area contributed by atoms with Crippen LogP contribution in [-0.4, -0.2) is 40.3 Å². The van der Waals surface area contributed by atoms with Crippen LogP contribution in [0.25, 0.3) is 11.1 Å². The Balaban J connectivity index is 0.000000294. The third-order valence-electron chi connectivity index (χ3n) is 6.90. The van der Waals surface area contributed by atoms with Crippen LogP contribution in [0.2, 0.25) is 0 Å². The highest BCUT2D eigenvalue weighted by molar-refractivity contribution is 5.83. The molecule has 2 aromatic heterocycles. The van der Waals surface area contributed by atoms with Gasteiger partial charge in [-0.25, -0.2) is 9.97 Å². The van der Waals surface area contributed by atoms with Crippen LogP contribution in [0, 0.1) is 6.92 Å². The summed E-state index contributed by atoms with van der Waals surface area (Å²) in [5.41, 5.74) is 3.96. The van der Waals surface area contributed by atoms with Crippen molar-refractivity contribution < 1.29 is 22.5 Å². The number of hydrogen-bond acceptors (Lipinski definition) is 7. The first-order valence-corrected chi connectivity index (χ1v) is 13.8. The van der Waals surface area contributed by atoms with Gasteiger partial charge in [0.1, 0.15) is 11.2 Å². The minimum atomic E-state index is -4.21. The number of rotatable bonds is 11. The Hall–Kier alpha value is -3.82. The van der Waals surface area contributed by atoms with Crippen molar-refractivity contribution >= 4 is 17.9 Å². The molecule has 1 aliphatic carbocycles. The van der Waals surface area contributed by atoms with E-state index < -0.39 is 11.6 Å². The topological polar surface area (TPSA) is 93.3 Å². The molecule has 0 saturated heterocycles. The third kappa shape index (κ3) is 8.83. The highest BCUT2D eigenvalue weighted by atomic mass is 19.4. The molecule has 0 unspecified atom stereocenters. The molecule has 0 spiro atoms. The van der Waals surface area contributed by atoms with Gasteiger partial charge in [-0.05, 0) is 63.2 Å². The first kappa shape index (κ1) is 31.7. The van der Waals surface area contributed by atoms with E-state index in [1.54, 1.807) is 20.9 Å². The summed E-state index contributed by atoms with van der Waals surface area (Å²) in [5, 5.41) is 6.75. The summed E-state index contributed by atoms with van der Waals surface area (Å²) in [6.45, 7) is 7.54. The maximum atomic E-state index is 12.5. The Bertz CT molecular complexity index is 1340. The van der Waals surface area contributed by atoms with Crippen LogP contribution in [-0.2, 0) is 16.6 Å². The van der Waals surface area contributed by atoms with E-state index in [-0.39, 0.29) is 24.4 Å². The van der Waals surface area contributed by atoms with Crippen LogP contribution < -0.4 is 5.32 Å². The SMILES string of the molecule is CCCCC/C(C)=C(/C=NC)Nc1ncc(-c2ccc(CC(C)=O)cc2)cn1.Cc1cc(C2(C(F)(F)F)CC2)on1. The molecule has 1 fully saturated rings. The van der Waals surface area contributed by atoms with Crippen LogP contribution in [0.3, 0.4) is 0 Å². The molecule has 0 bridgehead atoms. The number of nitrogens with one attached hydrogen (secondary N) is 1. The van der Waals surface area contributed by atoms with Gasteiger partial charge >= 0.3 is 6.18 Å². The molecule has 0 atom stereocenters. The van der Waals surface area contributed by atoms with Gasteiger partial charge in [0.25, 0.3) is 0 Å². The Labute approximate surface area is 239 Å². The summed E-state index contributed by atoms with van der Waals surface area (Å²) in [7, 11) is 1.76. The molecule has 0 radical (unpaired) electrons. The summed E-state index contributed by atoms with van der Waals surface area (Å²) in [4.78, 5) is 24.3. The molecule has 1 aromatic carbocycles. The standard InChI is InChI=1S/C23H30N4O.C8H8F3NO/c1-5-6-7-8-17(2)22(16-24-4)27-23-25-14-21(15-26-23)20-11-9-19(10-12-20)13-18(3)28;1-5-4-6(13-12-5)7(2-3-7)8(9,10)11/h9-12,14-16H,5-8,13H2,1-4H3,(H,25,26,27);4H,2-3H2,1H3/b22-17-,24-16?;. The monoisotopic (exact) mass is 569 g/mol. The lowest BCUT2D eigenvalue weighted by atomic mass is 10.0. The zero-order chi connectivity index (χ0) is 30.0. The summed E-state index contributed by atoms with van der Waals surface area (Å²) in [6.07, 6.45) is 6.57. The maximum absolute atomic E-state index is 12.5. The molecule has 10 heteroatoms. The Kier molecular flexibility index (Phi) is 11.0. The zero-order valence-electron chi connectivity index (χ0n) is 24.3. The molecule has 41 heavy (non-hydrogen) atoms. The van der Waals surface area contributed by atoms with Crippen molar-refractivity contribution in [1.29, 1.82) is 0 Å². The van der Waals surface area contributed by atoms with Gasteiger partial charge in [0.15, 0.2) is 5.76 Å². The van der Waals surface area contributed by atoms with Crippen LogP contribution in [0.15, 0.2) is 63.5 Å². The van der Waals surface area contributed by atoms with E-state index in [9.17, 15) is 18.0 Å². The van der Waals surface area contributed by atoms with Gasteiger partial charge in [-0.3, -0.25) is 9.79 Å². The molecule has 3 aromatic rings. The molecule has 1 aliphatic rings. The average molecular weight is 570 g/mol. The van der Waals surface area contributed by atoms with Gasteiger partial charge in [-0.2, -0.15) is 13.2 Å². The number of aryl methyl sites for hydroxylation is 1. The highest BCUT2D eigenvalue weighted by Gasteiger charge is 2.66. The second kappa shape index (κ2) is 14.2. The molecular formula is C31H38F3N5O2. The fraction of sp³-hybridized carbons (Fsp3) is 0.452. The fourth-order valence-electron chi connectivity index (χ4n) is 4.30. The van der Waals surface area contributed by atoms with Crippen molar-refractivity contribution in [3.8, 4) is 11.1 Å². The molecular weight excluding hydrogens is 531 g/mol. The largest absolute Gasteiger partial charge is 0.401 e. The number of aromatic nitrogens is 3. The Morgan fingerprint density at radius 1 is 1.10 bits per heavy atom. The van der Waals surface area contributed by atoms with Crippen LogP contribution in [0.5, 0.6) is 0 Å². The lowest BCUT2D eigenvalue weighted by Gasteiger charge is -2.14. The minimum absolute atomic E-state index is 0.0440. The lowest BCUT2D eigenvalue weighted by Crippen LogP contribution is -2.28. The first-order valence-electron chi connectivity index (χ1n) is 13.8. The molecule has 1 N–H and O–H groups in total. The molecule has 0 amide bonds. The predicted octanol–water partition coefficient (Wildman–Crippen LogP) is 7.82. The van der Waals surface area contributed by atoms with Crippen LogP contribution in [0.1, 0.15) is 76.3 Å². The second-order valence-electron chi connectivity index (χ2n) is 10.4. The van der Waals surface area contributed by atoms with Gasteiger partial charge in [0, 0.05) is 43.7 Å². The molecule has 2 heterocycles. The Morgan fingerprint density at radius 3 is 2.24 bits per heavy atom.